The van der Waals surface area contributed by atoms with Gasteiger partial charge in [0.05, 0.1) is 0 Å². The van der Waals surface area contributed by atoms with Crippen molar-refractivity contribution >= 4 is 11.1 Å². The molecule has 0 saturated heterocycles. The van der Waals surface area contributed by atoms with Gasteiger partial charge >= 0.3 is 0 Å². The van der Waals surface area contributed by atoms with Gasteiger partial charge in [-0.3, -0.25) is 0 Å². The van der Waals surface area contributed by atoms with Crippen LogP contribution >= 0.6 is 0 Å². The van der Waals surface area contributed by atoms with Crippen LogP contribution < -0.4 is 0 Å². The first-order valence-electron chi connectivity index (χ1n) is 21.8. The van der Waals surface area contributed by atoms with E-state index >= 15 is 0 Å². The monoisotopic (exact) mass is 749 g/mol. The minimum atomic E-state index is 0.366. The standard InChI is InChI=1S/C56H63N/c1-7-9-13-25-46-26-18-19-29-51(46)56-52-32-31-45(39-57-33-21-20-30-54(57)41(4)34-44-23-14-11-15-24-44)35-49(52)37-50-36-48(38-53(50)56)43(6)55(47-27-16-12-17-28-47)42(5)40(3)22-10-8-2/h10-12,14-23,26-33,35-36,40,44H,7-9,13,24-25,34,37-39H2,1-6H3/b22-10-,48-43-,54-41-,55-42+. The van der Waals surface area contributed by atoms with Crippen molar-refractivity contribution in [1.29, 1.82) is 0 Å². The van der Waals surface area contributed by atoms with E-state index in [-0.39, 0.29) is 0 Å². The van der Waals surface area contributed by atoms with E-state index in [0.29, 0.717) is 11.8 Å². The molecule has 1 heterocycles. The van der Waals surface area contributed by atoms with Gasteiger partial charge in [0, 0.05) is 18.4 Å². The van der Waals surface area contributed by atoms with E-state index in [4.69, 9.17) is 0 Å². The predicted molar refractivity (Wildman–Crippen MR) is 246 cm³/mol. The summed E-state index contributed by atoms with van der Waals surface area (Å²) in [4.78, 5) is 2.46. The van der Waals surface area contributed by atoms with Gasteiger partial charge in [0.15, 0.2) is 0 Å². The summed E-state index contributed by atoms with van der Waals surface area (Å²) >= 11 is 0. The van der Waals surface area contributed by atoms with Crippen molar-refractivity contribution in [2.45, 2.75) is 106 Å². The Labute approximate surface area is 344 Å². The Balaban J connectivity index is 1.30. The van der Waals surface area contributed by atoms with Crippen molar-refractivity contribution in [3.63, 3.8) is 0 Å². The Morgan fingerprint density at radius 1 is 0.860 bits per heavy atom. The summed E-state index contributed by atoms with van der Waals surface area (Å²) in [7, 11) is 0. The molecule has 3 aromatic rings. The molecule has 3 aliphatic carbocycles. The topological polar surface area (TPSA) is 3.24 Å². The Bertz CT molecular complexity index is 2250. The lowest BCUT2D eigenvalue weighted by atomic mass is 9.78. The lowest BCUT2D eigenvalue weighted by Gasteiger charge is -2.29. The van der Waals surface area contributed by atoms with Gasteiger partial charge in [-0.15, -0.1) is 0 Å². The molecule has 0 N–H and O–H groups in total. The van der Waals surface area contributed by atoms with Crippen LogP contribution in [0.4, 0.5) is 0 Å². The van der Waals surface area contributed by atoms with Gasteiger partial charge in [0.2, 0.25) is 0 Å². The molecule has 0 spiro atoms. The average molecular weight is 750 g/mol. The summed E-state index contributed by atoms with van der Waals surface area (Å²) in [6, 6.07) is 27.8. The first-order valence-corrected chi connectivity index (χ1v) is 21.8. The zero-order valence-electron chi connectivity index (χ0n) is 35.5. The summed E-state index contributed by atoms with van der Waals surface area (Å²) in [6.07, 6.45) is 35.3. The SMILES string of the molecule is CC/C=C\C(C)/C(C)=C(\C(C)=C1\C=C2Cc3cc(CN4C=CC=C/C4=C(\C)CC4C=CC=CC4)ccc3C(c3ccccc3CCCCC)=C2C1)c1ccccc1. The lowest BCUT2D eigenvalue weighted by Crippen LogP contribution is -2.19. The van der Waals surface area contributed by atoms with Crippen LogP contribution in [0.25, 0.3) is 11.1 Å². The van der Waals surface area contributed by atoms with Crippen molar-refractivity contribution in [2.75, 3.05) is 0 Å². The van der Waals surface area contributed by atoms with Crippen molar-refractivity contribution in [3.8, 4) is 0 Å². The molecule has 1 aliphatic heterocycles. The Morgan fingerprint density at radius 3 is 2.47 bits per heavy atom. The fourth-order valence-corrected chi connectivity index (χ4v) is 9.36. The van der Waals surface area contributed by atoms with Gasteiger partial charge in [-0.05, 0) is 162 Å². The molecule has 57 heavy (non-hydrogen) atoms. The van der Waals surface area contributed by atoms with E-state index in [1.807, 2.05) is 0 Å². The van der Waals surface area contributed by atoms with Crippen LogP contribution in [0, 0.1) is 11.8 Å². The van der Waals surface area contributed by atoms with Gasteiger partial charge in [0.25, 0.3) is 0 Å². The maximum Gasteiger partial charge on any atom is 0.0476 e. The number of hydrogen-bond acceptors (Lipinski definition) is 1. The molecule has 7 rings (SSSR count). The molecule has 0 bridgehead atoms. The Hall–Kier alpha value is -5.14. The molecule has 2 atom stereocenters. The van der Waals surface area contributed by atoms with Gasteiger partial charge in [-0.1, -0.05) is 161 Å². The number of nitrogens with zero attached hydrogens (tertiary/aromatic N) is 1. The predicted octanol–water partition coefficient (Wildman–Crippen LogP) is 15.2. The van der Waals surface area contributed by atoms with Crippen LogP contribution in [0.15, 0.2) is 179 Å². The summed E-state index contributed by atoms with van der Waals surface area (Å²) in [5.41, 5.74) is 21.4. The minimum Gasteiger partial charge on any atom is -0.344 e. The molecule has 3 aromatic carbocycles. The molecule has 0 fully saturated rings. The minimum absolute atomic E-state index is 0.366. The highest BCUT2D eigenvalue weighted by molar-refractivity contribution is 5.92. The largest absolute Gasteiger partial charge is 0.344 e. The van der Waals surface area contributed by atoms with Crippen LogP contribution in [0.3, 0.4) is 0 Å². The van der Waals surface area contributed by atoms with E-state index in [2.05, 4.69) is 186 Å². The molecular formula is C56H63N. The smallest absolute Gasteiger partial charge is 0.0476 e. The normalized spacial score (nSPS) is 20.1. The summed E-state index contributed by atoms with van der Waals surface area (Å²) in [6.45, 7) is 14.8. The molecule has 0 radical (unpaired) electrons. The van der Waals surface area contributed by atoms with Gasteiger partial charge in [-0.25, -0.2) is 0 Å². The molecule has 0 amide bonds. The second kappa shape index (κ2) is 18.9. The Morgan fingerprint density at radius 2 is 1.68 bits per heavy atom. The van der Waals surface area contributed by atoms with Crippen molar-refractivity contribution < 1.29 is 0 Å². The summed E-state index contributed by atoms with van der Waals surface area (Å²) in [5.74, 6) is 0.938. The Kier molecular flexibility index (Phi) is 13.3. The van der Waals surface area contributed by atoms with Crippen LogP contribution in [-0.2, 0) is 19.4 Å². The van der Waals surface area contributed by atoms with E-state index < -0.39 is 0 Å². The molecule has 1 nitrogen and oxygen atoms in total. The van der Waals surface area contributed by atoms with Crippen LogP contribution in [0.2, 0.25) is 0 Å². The number of allylic oxidation sites excluding steroid dienone is 17. The third kappa shape index (κ3) is 9.20. The lowest BCUT2D eigenvalue weighted by molar-refractivity contribution is 0.458. The third-order valence-electron chi connectivity index (χ3n) is 12.6. The van der Waals surface area contributed by atoms with Crippen LogP contribution in [0.1, 0.15) is 120 Å². The first kappa shape index (κ1) is 40.1. The third-order valence-corrected chi connectivity index (χ3v) is 12.6. The van der Waals surface area contributed by atoms with E-state index in [9.17, 15) is 0 Å². The number of unbranched alkanes of at least 4 members (excludes halogenated alkanes) is 2. The number of fused-ring (bicyclic) bond motifs is 2. The van der Waals surface area contributed by atoms with E-state index in [1.165, 1.54) is 103 Å². The maximum atomic E-state index is 2.57. The second-order valence-corrected chi connectivity index (χ2v) is 16.7. The van der Waals surface area contributed by atoms with Gasteiger partial charge in [-0.2, -0.15) is 0 Å². The zero-order valence-corrected chi connectivity index (χ0v) is 35.5. The van der Waals surface area contributed by atoms with Crippen molar-refractivity contribution in [3.05, 3.63) is 212 Å². The van der Waals surface area contributed by atoms with Gasteiger partial charge < -0.3 is 4.90 Å². The van der Waals surface area contributed by atoms with Crippen molar-refractivity contribution in [1.82, 2.24) is 4.90 Å². The highest BCUT2D eigenvalue weighted by Gasteiger charge is 2.30. The average Bonchev–Trinajstić information content (AvgIpc) is 3.67. The summed E-state index contributed by atoms with van der Waals surface area (Å²) in [5, 5.41) is 0. The van der Waals surface area contributed by atoms with Crippen LogP contribution in [0.5, 0.6) is 0 Å². The molecule has 2 unspecified atom stereocenters. The van der Waals surface area contributed by atoms with E-state index in [0.717, 1.165) is 45.1 Å². The van der Waals surface area contributed by atoms with Crippen molar-refractivity contribution in [2.24, 2.45) is 11.8 Å². The summed E-state index contributed by atoms with van der Waals surface area (Å²) < 4.78 is 0. The number of rotatable bonds is 14. The highest BCUT2D eigenvalue weighted by atomic mass is 15.1. The van der Waals surface area contributed by atoms with Crippen LogP contribution in [-0.4, -0.2) is 4.90 Å². The maximum absolute atomic E-state index is 2.57. The molecule has 4 aliphatic rings. The fraction of sp³-hybridized carbons (Fsp3) is 0.321. The highest BCUT2D eigenvalue weighted by Crippen LogP contribution is 2.48. The molecule has 292 valence electrons. The molecule has 0 aromatic heterocycles. The fourth-order valence-electron chi connectivity index (χ4n) is 9.36. The zero-order chi connectivity index (χ0) is 39.7. The molecule has 1 heteroatoms. The molecular weight excluding hydrogens is 687 g/mol. The molecule has 0 saturated carbocycles. The number of aryl methyl sites for hydroxylation is 1. The van der Waals surface area contributed by atoms with Gasteiger partial charge in [0.1, 0.15) is 0 Å². The first-order chi connectivity index (χ1) is 27.9. The van der Waals surface area contributed by atoms with E-state index in [1.54, 1.807) is 0 Å². The second-order valence-electron chi connectivity index (χ2n) is 16.7. The number of hydrogen-bond donors (Lipinski definition) is 0. The number of benzene rings is 3. The quantitative estimate of drug-likeness (QED) is 0.117.